The molecule has 0 aliphatic carbocycles. The van der Waals surface area contributed by atoms with Crippen LogP contribution >= 0.6 is 11.8 Å². The summed E-state index contributed by atoms with van der Waals surface area (Å²) < 4.78 is 93.2. The highest BCUT2D eigenvalue weighted by atomic mass is 32.2. The number of benzene rings is 1. The summed E-state index contributed by atoms with van der Waals surface area (Å²) in [6.07, 6.45) is -75.9. The Balaban J connectivity index is 0.888. The second-order valence-electron chi connectivity index (χ2n) is 25.8. The third kappa shape index (κ3) is 17.3. The van der Waals surface area contributed by atoms with Crippen LogP contribution in [0.4, 0.5) is 0 Å². The van der Waals surface area contributed by atoms with Crippen LogP contribution in [0.2, 0.25) is 0 Å². The molecule has 28 rings (SSSR count). The van der Waals surface area contributed by atoms with Crippen LogP contribution in [0.5, 0.6) is 0 Å². The molecule has 16 bridgehead atoms. The van der Waals surface area contributed by atoms with Gasteiger partial charge in [-0.3, -0.25) is 0 Å². The molecule has 27 fully saturated rings. The average molecular weight is 1490 g/mol. The van der Waals surface area contributed by atoms with E-state index < -0.39 is 298 Å². The molecule has 0 amide bonds. The molecule has 41 nitrogen and oxygen atoms in total. The molecule has 27 heterocycles. The molecule has 27 saturated heterocycles. The van der Waals surface area contributed by atoms with Crippen LogP contribution in [0.1, 0.15) is 29.6 Å². The summed E-state index contributed by atoms with van der Waals surface area (Å²) in [6, 6.07) is 5.58. The van der Waals surface area contributed by atoms with E-state index in [1.165, 1.54) is 24.3 Å². The van der Waals surface area contributed by atoms with Crippen LogP contribution in [0.3, 0.4) is 0 Å². The first-order chi connectivity index (χ1) is 48.2. The molecule has 27 aliphatic rings. The third-order valence-corrected chi connectivity index (χ3v) is 20.5. The molecule has 0 radical (unpaired) electrons. The molecular formula is C59H92O41S. The number of hydrogen-bond acceptors (Lipinski definition) is 41. The summed E-state index contributed by atoms with van der Waals surface area (Å²) in [5, 5.41) is 267. The van der Waals surface area contributed by atoms with Gasteiger partial charge in [0.15, 0.2) is 50.3 Å². The van der Waals surface area contributed by atoms with E-state index in [0.29, 0.717) is 4.90 Å². The van der Waals surface area contributed by atoms with Crippen molar-refractivity contribution in [3.8, 4) is 0 Å². The largest absolute Gasteiger partial charge is 0.478 e. The van der Waals surface area contributed by atoms with Crippen molar-refractivity contribution in [1.29, 1.82) is 0 Å². The van der Waals surface area contributed by atoms with E-state index in [2.05, 4.69) is 0 Å². The van der Waals surface area contributed by atoms with E-state index in [0.717, 1.165) is 11.8 Å². The Morgan fingerprint density at radius 3 is 0.832 bits per heavy atom. The topological polar surface area (TPSA) is 650 Å². The molecule has 1 aromatic carbocycles. The molecule has 42 heteroatoms. The molecular weight excluding hydrogens is 1400 g/mol. The highest BCUT2D eigenvalue weighted by Gasteiger charge is 2.60. The zero-order valence-corrected chi connectivity index (χ0v) is 54.3. The number of thioether (sulfide) groups is 1. The standard InChI is InChI=1S/C59H92O41S/c60-9-20-19-3-1-2-8-85-52-37(76)29(68)50(27(93-52)16-101-18-6-4-17(5-7-18)51(83)84)100-59-43(82)35(74)49(26(15-66)92-59)99-58-42(81)34(73)48(25(14-65)91-58)98-57-41(80)33(72)47(24(13-64)90-57)97-56-40(79)32(71)46(23(12-63)89-56)96-55-39(78)31(70)45(22(11-62)88-55)95-54-38(77)30(69)44(21(10-61)87-54)94-53(86-20)36(75)28(19)67/h4-7,19-50,52-82H,1-3,8-16H2,(H,83,84). The lowest BCUT2D eigenvalue weighted by molar-refractivity contribution is -0.399. The Hall–Kier alpha value is -2.52. The minimum atomic E-state index is -2.26. The van der Waals surface area contributed by atoms with Crippen LogP contribution in [0.25, 0.3) is 0 Å². The summed E-state index contributed by atoms with van der Waals surface area (Å²) >= 11 is 1.06. The van der Waals surface area contributed by atoms with Crippen LogP contribution in [-0.2, 0) is 75.8 Å². The lowest BCUT2D eigenvalue weighted by Crippen LogP contribution is -2.68. The van der Waals surface area contributed by atoms with Crippen molar-refractivity contribution in [2.24, 2.45) is 5.92 Å². The number of carboxylic acids is 1. The third-order valence-electron chi connectivity index (χ3n) is 19.4. The van der Waals surface area contributed by atoms with Gasteiger partial charge in [0.2, 0.25) is 0 Å². The van der Waals surface area contributed by atoms with E-state index in [9.17, 15) is 127 Å². The fraction of sp³-hybridized carbons (Fsp3) is 0.881. The first-order valence-corrected chi connectivity index (χ1v) is 33.8. The molecule has 27 aliphatic heterocycles. The number of aliphatic hydroxyl groups is 23. The van der Waals surface area contributed by atoms with Gasteiger partial charge in [-0.1, -0.05) is 6.42 Å². The normalized spacial score (nSPS) is 50.2. The lowest BCUT2D eigenvalue weighted by Gasteiger charge is -2.50. The summed E-state index contributed by atoms with van der Waals surface area (Å²) in [5.74, 6) is -2.40. The van der Waals surface area contributed by atoms with Gasteiger partial charge in [0.25, 0.3) is 0 Å². The van der Waals surface area contributed by atoms with E-state index in [1.807, 2.05) is 0 Å². The molecule has 0 aromatic heterocycles. The van der Waals surface area contributed by atoms with Crippen LogP contribution in [-0.4, -0.2) is 427 Å². The van der Waals surface area contributed by atoms with Gasteiger partial charge in [-0.2, -0.15) is 0 Å². The van der Waals surface area contributed by atoms with Crippen LogP contribution < -0.4 is 0 Å². The van der Waals surface area contributed by atoms with Gasteiger partial charge in [-0.05, 0) is 37.1 Å². The van der Waals surface area contributed by atoms with Crippen molar-refractivity contribution in [3.05, 3.63) is 29.8 Å². The SMILES string of the molecule is O=C(O)c1ccc(SCC2OC3OCCCCC4C(CO)OC(OC5C(CO)OC(OC6C(CO)OC(OC7C(CO)OC(OC8C(CO)OC(OC9C(CO)OC(OC%10C(CO)OC(OC2C(O)C3O)C(O)C%10O)C(O)C9O)C(O)C8O)C(O)C7O)C(O)C6O)C(O)C5O)C(O)C4O)cc1. The maximum atomic E-state index is 11.8. The maximum absolute atomic E-state index is 11.8. The Labute approximate surface area is 577 Å². The quantitative estimate of drug-likeness (QED) is 0.0915. The van der Waals surface area contributed by atoms with Crippen molar-refractivity contribution in [2.45, 2.75) is 264 Å². The predicted octanol–water partition coefficient (Wildman–Crippen LogP) is -13.5. The Morgan fingerprint density at radius 2 is 0.554 bits per heavy atom. The second kappa shape index (κ2) is 35.7. The van der Waals surface area contributed by atoms with E-state index in [1.54, 1.807) is 0 Å². The minimum Gasteiger partial charge on any atom is -0.478 e. The highest BCUT2D eigenvalue weighted by Crippen LogP contribution is 2.41. The van der Waals surface area contributed by atoms with Crippen LogP contribution in [0.15, 0.2) is 29.2 Å². The van der Waals surface area contributed by atoms with Gasteiger partial charge < -0.3 is 198 Å². The van der Waals surface area contributed by atoms with Crippen molar-refractivity contribution >= 4 is 17.7 Å². The lowest BCUT2D eigenvalue weighted by atomic mass is 9.85. The van der Waals surface area contributed by atoms with Crippen molar-refractivity contribution in [2.75, 3.05) is 58.6 Å². The summed E-state index contributed by atoms with van der Waals surface area (Å²) in [7, 11) is 0. The molecule has 40 unspecified atom stereocenters. The monoisotopic (exact) mass is 1490 g/mol. The van der Waals surface area contributed by atoms with Gasteiger partial charge in [-0.15, -0.1) is 11.8 Å². The molecule has 24 N–H and O–H groups in total. The van der Waals surface area contributed by atoms with E-state index in [-0.39, 0.29) is 37.2 Å². The van der Waals surface area contributed by atoms with Gasteiger partial charge in [0.05, 0.1) is 70.1 Å². The molecule has 101 heavy (non-hydrogen) atoms. The average Bonchev–Trinajstić information content (AvgIpc) is 0.779. The van der Waals surface area contributed by atoms with Gasteiger partial charge in [0.1, 0.15) is 171 Å². The van der Waals surface area contributed by atoms with Gasteiger partial charge in [0, 0.05) is 23.2 Å². The summed E-state index contributed by atoms with van der Waals surface area (Å²) in [5.41, 5.74) is -0.0442. The molecule has 0 saturated carbocycles. The number of ether oxygens (including phenoxy) is 16. The number of carboxylic acid groups (broad SMARTS) is 1. The van der Waals surface area contributed by atoms with Crippen molar-refractivity contribution < 1.29 is 203 Å². The zero-order chi connectivity index (χ0) is 73.2. The zero-order valence-electron chi connectivity index (χ0n) is 53.5. The molecule has 0 spiro atoms. The molecule has 580 valence electrons. The summed E-state index contributed by atoms with van der Waals surface area (Å²) in [6.45, 7) is -7.38. The van der Waals surface area contributed by atoms with Crippen molar-refractivity contribution in [1.82, 2.24) is 0 Å². The van der Waals surface area contributed by atoms with E-state index >= 15 is 0 Å². The van der Waals surface area contributed by atoms with Crippen molar-refractivity contribution in [3.63, 3.8) is 0 Å². The number of rotatable bonds is 11. The van der Waals surface area contributed by atoms with Gasteiger partial charge >= 0.3 is 5.97 Å². The van der Waals surface area contributed by atoms with E-state index in [4.69, 9.17) is 75.8 Å². The van der Waals surface area contributed by atoms with Crippen LogP contribution in [0, 0.1) is 5.92 Å². The number of aromatic carboxylic acids is 1. The number of hydrogen-bond donors (Lipinski definition) is 24. The summed E-state index contributed by atoms with van der Waals surface area (Å²) in [4.78, 5) is 12.1. The number of aliphatic hydroxyl groups excluding tert-OH is 23. The number of carbonyl (C=O) groups is 1. The maximum Gasteiger partial charge on any atom is 0.335 e. The minimum absolute atomic E-state index is 0.0113. The predicted molar refractivity (Wildman–Crippen MR) is 317 cm³/mol. The smallest absolute Gasteiger partial charge is 0.335 e. The fourth-order valence-electron chi connectivity index (χ4n) is 13.6. The highest BCUT2D eigenvalue weighted by molar-refractivity contribution is 7.99. The van der Waals surface area contributed by atoms with Gasteiger partial charge in [-0.25, -0.2) is 4.79 Å². The Bertz CT molecular complexity index is 2690. The first kappa shape index (κ1) is 81.0. The Kier molecular flexibility index (Phi) is 28.6. The fourth-order valence-corrected chi connectivity index (χ4v) is 14.6. The first-order valence-electron chi connectivity index (χ1n) is 32.8. The Morgan fingerprint density at radius 1 is 0.307 bits per heavy atom. The molecule has 1 aromatic rings. The molecule has 40 atom stereocenters. The second-order valence-corrected chi connectivity index (χ2v) is 26.9.